The Balaban J connectivity index is 1.98. The van der Waals surface area contributed by atoms with Crippen LogP contribution in [-0.2, 0) is 28.6 Å². The van der Waals surface area contributed by atoms with Crippen LogP contribution in [0.4, 0.5) is 0 Å². The molecule has 2 aromatic rings. The van der Waals surface area contributed by atoms with Gasteiger partial charge in [0.25, 0.3) is 0 Å². The van der Waals surface area contributed by atoms with E-state index in [0.717, 1.165) is 11.1 Å². The molecular weight excluding hydrogens is 338 g/mol. The molecule has 0 fully saturated rings. The fourth-order valence-electron chi connectivity index (χ4n) is 3.11. The maximum absolute atomic E-state index is 12.3. The van der Waals surface area contributed by atoms with Crippen molar-refractivity contribution < 1.29 is 17.9 Å². The average Bonchev–Trinajstić information content (AvgIpc) is 2.57. The van der Waals surface area contributed by atoms with E-state index in [0.29, 0.717) is 36.3 Å². The Kier molecular flexibility index (Phi) is 4.92. The summed E-state index contributed by atoms with van der Waals surface area (Å²) in [5.74, 6) is 0.227. The van der Waals surface area contributed by atoms with E-state index >= 15 is 0 Å². The normalized spacial score (nSPS) is 17.2. The zero-order chi connectivity index (χ0) is 18.0. The molecule has 0 spiro atoms. The minimum absolute atomic E-state index is 0.134. The van der Waals surface area contributed by atoms with Crippen molar-refractivity contribution in [2.45, 2.75) is 31.2 Å². The van der Waals surface area contributed by atoms with Gasteiger partial charge in [-0.2, -0.15) is 0 Å². The lowest BCUT2D eigenvalue weighted by atomic mass is 9.85. The molecule has 3 rings (SSSR count). The Morgan fingerprint density at radius 2 is 1.88 bits per heavy atom. The number of ether oxygens (including phenoxy) is 1. The molecule has 1 aliphatic carbocycles. The number of benzene rings is 2. The Hall–Kier alpha value is -2.18. The van der Waals surface area contributed by atoms with Gasteiger partial charge in [0.2, 0.25) is 0 Å². The average molecular weight is 359 g/mol. The molecule has 2 aromatic carbocycles. The van der Waals surface area contributed by atoms with E-state index in [1.165, 1.54) is 6.26 Å². The van der Waals surface area contributed by atoms with E-state index < -0.39 is 15.9 Å². The fourth-order valence-corrected chi connectivity index (χ4v) is 3.95. The molecule has 0 radical (unpaired) electrons. The molecule has 0 aromatic heterocycles. The largest absolute Gasteiger partial charge is 0.489 e. The van der Waals surface area contributed by atoms with E-state index in [4.69, 9.17) is 10.5 Å². The van der Waals surface area contributed by atoms with Gasteiger partial charge in [0.1, 0.15) is 12.4 Å². The number of hydrogen-bond acceptors (Lipinski definition) is 5. The first kappa shape index (κ1) is 17.6. The third-order valence-electron chi connectivity index (χ3n) is 4.34. The summed E-state index contributed by atoms with van der Waals surface area (Å²) < 4.78 is 29.7. The standard InChI is InChI=1S/C19H21NO4S/c1-25(22,23)12-16-14-7-9-17(20)19(21)15(14)8-10-18(16)24-11-13-5-3-2-4-6-13/h2-6,8,10,17H,7,9,11-12,20H2,1H3. The molecule has 6 heteroatoms. The second-order valence-electron chi connectivity index (χ2n) is 6.42. The molecule has 0 bridgehead atoms. The Labute approximate surface area is 147 Å². The highest BCUT2D eigenvalue weighted by Gasteiger charge is 2.28. The van der Waals surface area contributed by atoms with Crippen LogP contribution in [0.25, 0.3) is 0 Å². The van der Waals surface area contributed by atoms with Crippen molar-refractivity contribution in [3.63, 3.8) is 0 Å². The van der Waals surface area contributed by atoms with E-state index in [1.807, 2.05) is 30.3 Å². The molecular formula is C19H21NO4S. The van der Waals surface area contributed by atoms with Gasteiger partial charge in [-0.1, -0.05) is 30.3 Å². The van der Waals surface area contributed by atoms with Crippen LogP contribution in [-0.4, -0.2) is 26.5 Å². The van der Waals surface area contributed by atoms with Crippen molar-refractivity contribution in [2.75, 3.05) is 6.26 Å². The molecule has 1 atom stereocenters. The van der Waals surface area contributed by atoms with Gasteiger partial charge in [-0.15, -0.1) is 0 Å². The molecule has 0 saturated heterocycles. The summed E-state index contributed by atoms with van der Waals surface area (Å²) in [4.78, 5) is 12.3. The lowest BCUT2D eigenvalue weighted by Crippen LogP contribution is -2.35. The smallest absolute Gasteiger partial charge is 0.179 e. The van der Waals surface area contributed by atoms with Crippen molar-refractivity contribution >= 4 is 15.6 Å². The third kappa shape index (κ3) is 4.08. The first-order chi connectivity index (χ1) is 11.8. The first-order valence-electron chi connectivity index (χ1n) is 8.14. The van der Waals surface area contributed by atoms with Gasteiger partial charge in [-0.25, -0.2) is 8.42 Å². The van der Waals surface area contributed by atoms with Gasteiger partial charge in [0, 0.05) is 17.4 Å². The highest BCUT2D eigenvalue weighted by molar-refractivity contribution is 7.89. The van der Waals surface area contributed by atoms with Gasteiger partial charge < -0.3 is 10.5 Å². The first-order valence-corrected chi connectivity index (χ1v) is 10.2. The van der Waals surface area contributed by atoms with Crippen LogP contribution in [0.15, 0.2) is 42.5 Å². The van der Waals surface area contributed by atoms with Crippen molar-refractivity contribution in [2.24, 2.45) is 5.73 Å². The number of ketones is 1. The van der Waals surface area contributed by atoms with Gasteiger partial charge in [0.15, 0.2) is 15.6 Å². The number of fused-ring (bicyclic) bond motifs is 1. The number of rotatable bonds is 5. The second kappa shape index (κ2) is 6.98. The van der Waals surface area contributed by atoms with Crippen molar-refractivity contribution in [3.8, 4) is 5.75 Å². The van der Waals surface area contributed by atoms with Gasteiger partial charge >= 0.3 is 0 Å². The number of carbonyl (C=O) groups is 1. The number of carbonyl (C=O) groups excluding carboxylic acids is 1. The summed E-state index contributed by atoms with van der Waals surface area (Å²) in [7, 11) is -3.27. The van der Waals surface area contributed by atoms with Gasteiger partial charge in [0.05, 0.1) is 11.8 Å². The zero-order valence-corrected chi connectivity index (χ0v) is 14.9. The summed E-state index contributed by atoms with van der Waals surface area (Å²) in [5, 5.41) is 0. The minimum atomic E-state index is -3.27. The number of hydrogen-bond donors (Lipinski definition) is 1. The molecule has 0 heterocycles. The minimum Gasteiger partial charge on any atom is -0.489 e. The predicted molar refractivity (Wildman–Crippen MR) is 96.4 cm³/mol. The van der Waals surface area contributed by atoms with E-state index in [9.17, 15) is 13.2 Å². The quantitative estimate of drug-likeness (QED) is 0.885. The Morgan fingerprint density at radius 1 is 1.16 bits per heavy atom. The monoisotopic (exact) mass is 359 g/mol. The number of nitrogens with two attached hydrogens (primary N) is 1. The summed E-state index contributed by atoms with van der Waals surface area (Å²) in [6.45, 7) is 0.337. The predicted octanol–water partition coefficient (Wildman–Crippen LogP) is 2.27. The van der Waals surface area contributed by atoms with E-state index in [-0.39, 0.29) is 11.5 Å². The van der Waals surface area contributed by atoms with Crippen LogP contribution in [0, 0.1) is 0 Å². The SMILES string of the molecule is CS(=O)(=O)Cc1c(OCc2ccccc2)ccc2c1CCC(N)C2=O. The van der Waals surface area contributed by atoms with Gasteiger partial charge in [-0.3, -0.25) is 4.79 Å². The lowest BCUT2D eigenvalue weighted by Gasteiger charge is -2.24. The van der Waals surface area contributed by atoms with Crippen LogP contribution in [0.3, 0.4) is 0 Å². The molecule has 5 nitrogen and oxygen atoms in total. The Bertz CT molecular complexity index is 891. The van der Waals surface area contributed by atoms with Crippen LogP contribution in [0.5, 0.6) is 5.75 Å². The van der Waals surface area contributed by atoms with Crippen molar-refractivity contribution in [1.82, 2.24) is 0 Å². The third-order valence-corrected chi connectivity index (χ3v) is 5.15. The van der Waals surface area contributed by atoms with Crippen LogP contribution in [0.1, 0.15) is 33.5 Å². The molecule has 0 aliphatic heterocycles. The molecule has 1 aliphatic rings. The van der Waals surface area contributed by atoms with E-state index in [2.05, 4.69) is 0 Å². The summed E-state index contributed by atoms with van der Waals surface area (Å²) in [6, 6.07) is 12.5. The van der Waals surface area contributed by atoms with Crippen LogP contribution in [0.2, 0.25) is 0 Å². The fraction of sp³-hybridized carbons (Fsp3) is 0.316. The summed E-state index contributed by atoms with van der Waals surface area (Å²) in [6.07, 6.45) is 2.28. The molecule has 2 N–H and O–H groups in total. The van der Waals surface area contributed by atoms with Crippen molar-refractivity contribution in [1.29, 1.82) is 0 Å². The zero-order valence-electron chi connectivity index (χ0n) is 14.1. The van der Waals surface area contributed by atoms with Gasteiger partial charge in [-0.05, 0) is 36.1 Å². The topological polar surface area (TPSA) is 86.5 Å². The molecule has 132 valence electrons. The summed E-state index contributed by atoms with van der Waals surface area (Å²) in [5.41, 5.74) is 8.68. The summed E-state index contributed by atoms with van der Waals surface area (Å²) >= 11 is 0. The molecule has 25 heavy (non-hydrogen) atoms. The van der Waals surface area contributed by atoms with Crippen molar-refractivity contribution in [3.05, 3.63) is 64.7 Å². The number of sulfone groups is 1. The molecule has 0 saturated carbocycles. The van der Waals surface area contributed by atoms with E-state index in [1.54, 1.807) is 12.1 Å². The molecule has 0 amide bonds. The number of Topliss-reactive ketones (excluding diaryl/α,β-unsaturated/α-hetero) is 1. The molecule has 1 unspecified atom stereocenters. The Morgan fingerprint density at radius 3 is 2.56 bits per heavy atom. The lowest BCUT2D eigenvalue weighted by molar-refractivity contribution is 0.0948. The second-order valence-corrected chi connectivity index (χ2v) is 8.56. The highest BCUT2D eigenvalue weighted by Crippen LogP contribution is 2.32. The maximum atomic E-state index is 12.3. The maximum Gasteiger partial charge on any atom is 0.179 e. The highest BCUT2D eigenvalue weighted by atomic mass is 32.2. The van der Waals surface area contributed by atoms with Crippen LogP contribution >= 0.6 is 0 Å². The van der Waals surface area contributed by atoms with Crippen LogP contribution < -0.4 is 10.5 Å².